The van der Waals surface area contributed by atoms with Gasteiger partial charge in [0, 0.05) is 19.0 Å². The van der Waals surface area contributed by atoms with Gasteiger partial charge in [0.05, 0.1) is 7.11 Å². The summed E-state index contributed by atoms with van der Waals surface area (Å²) in [5, 5.41) is 0. The maximum atomic E-state index is 12.6. The van der Waals surface area contributed by atoms with Gasteiger partial charge < -0.3 is 14.4 Å². The van der Waals surface area contributed by atoms with Crippen LogP contribution in [0, 0.1) is 11.8 Å². The van der Waals surface area contributed by atoms with Gasteiger partial charge in [0.25, 0.3) is 0 Å². The average Bonchev–Trinajstić information content (AvgIpc) is 2.52. The summed E-state index contributed by atoms with van der Waals surface area (Å²) >= 11 is 0. The van der Waals surface area contributed by atoms with Crippen molar-refractivity contribution in [3.63, 3.8) is 0 Å². The highest BCUT2D eigenvalue weighted by Crippen LogP contribution is 2.41. The van der Waals surface area contributed by atoms with E-state index < -0.39 is 5.60 Å². The third-order valence-corrected chi connectivity index (χ3v) is 5.32. The molecule has 1 aliphatic carbocycles. The molecule has 2 aliphatic rings. The molecule has 2 rings (SSSR count). The summed E-state index contributed by atoms with van der Waals surface area (Å²) in [7, 11) is 1.44. The van der Waals surface area contributed by atoms with Gasteiger partial charge in [-0.25, -0.2) is 4.79 Å². The number of amides is 1. The molecule has 1 heterocycles. The minimum Gasteiger partial charge on any atom is -0.469 e. The molecule has 1 saturated heterocycles. The zero-order valence-corrected chi connectivity index (χ0v) is 15.7. The Balaban J connectivity index is 1.95. The van der Waals surface area contributed by atoms with Crippen LogP contribution in [-0.4, -0.2) is 42.3 Å². The van der Waals surface area contributed by atoms with E-state index in [0.717, 1.165) is 38.6 Å². The van der Waals surface area contributed by atoms with E-state index in [0.29, 0.717) is 24.3 Å². The van der Waals surface area contributed by atoms with Crippen molar-refractivity contribution in [1.82, 2.24) is 4.90 Å². The van der Waals surface area contributed by atoms with Crippen LogP contribution in [0.2, 0.25) is 0 Å². The molecule has 5 heteroatoms. The Labute approximate surface area is 146 Å². The molecule has 0 aromatic rings. The van der Waals surface area contributed by atoms with Crippen molar-refractivity contribution in [1.29, 1.82) is 0 Å². The fraction of sp³-hybridized carbons (Fsp3) is 0.895. The van der Waals surface area contributed by atoms with Crippen LogP contribution in [0.25, 0.3) is 0 Å². The Morgan fingerprint density at radius 1 is 1.12 bits per heavy atom. The second-order valence-electron chi connectivity index (χ2n) is 8.21. The highest BCUT2D eigenvalue weighted by molar-refractivity contribution is 5.69. The molecule has 0 unspecified atom stereocenters. The number of hydrogen-bond donors (Lipinski definition) is 0. The average molecular weight is 339 g/mol. The first-order valence-corrected chi connectivity index (χ1v) is 9.38. The molecule has 1 saturated carbocycles. The summed E-state index contributed by atoms with van der Waals surface area (Å²) in [6.45, 7) is 6.57. The van der Waals surface area contributed by atoms with Gasteiger partial charge in [0.2, 0.25) is 0 Å². The smallest absolute Gasteiger partial charge is 0.410 e. The van der Waals surface area contributed by atoms with Gasteiger partial charge in [-0.1, -0.05) is 12.8 Å². The van der Waals surface area contributed by atoms with Crippen molar-refractivity contribution in [2.45, 2.75) is 83.8 Å². The predicted octanol–water partition coefficient (Wildman–Crippen LogP) is 4.15. The summed E-state index contributed by atoms with van der Waals surface area (Å²) in [6.07, 6.45) is 7.96. The number of rotatable bonds is 4. The Hall–Kier alpha value is -1.26. The summed E-state index contributed by atoms with van der Waals surface area (Å²) in [4.78, 5) is 25.9. The molecule has 0 spiro atoms. The third kappa shape index (κ3) is 5.12. The maximum Gasteiger partial charge on any atom is 0.410 e. The SMILES string of the molecule is COC(=O)CCC[C@@H]1CCC[C@@H]2[C@H]1CCCN2C(=O)OC(C)(C)C. The number of piperidine rings is 1. The van der Waals surface area contributed by atoms with Gasteiger partial charge in [-0.05, 0) is 64.7 Å². The van der Waals surface area contributed by atoms with Gasteiger partial charge >= 0.3 is 12.1 Å². The summed E-state index contributed by atoms with van der Waals surface area (Å²) in [6, 6.07) is 0.311. The number of hydrogen-bond acceptors (Lipinski definition) is 4. The van der Waals surface area contributed by atoms with Crippen molar-refractivity contribution in [2.24, 2.45) is 11.8 Å². The van der Waals surface area contributed by atoms with Gasteiger partial charge in [0.1, 0.15) is 5.60 Å². The lowest BCUT2D eigenvalue weighted by molar-refractivity contribution is -0.140. The number of fused-ring (bicyclic) bond motifs is 1. The number of methoxy groups -OCH3 is 1. The van der Waals surface area contributed by atoms with E-state index in [9.17, 15) is 9.59 Å². The molecule has 0 radical (unpaired) electrons. The largest absolute Gasteiger partial charge is 0.469 e. The number of likely N-dealkylation sites (tertiary alicyclic amines) is 1. The minimum absolute atomic E-state index is 0.124. The van der Waals surface area contributed by atoms with Crippen molar-refractivity contribution in [3.05, 3.63) is 0 Å². The molecule has 2 fully saturated rings. The first kappa shape index (κ1) is 19.1. The van der Waals surface area contributed by atoms with Crippen LogP contribution in [0.4, 0.5) is 4.79 Å². The molecule has 3 atom stereocenters. The Morgan fingerprint density at radius 3 is 2.54 bits per heavy atom. The zero-order chi connectivity index (χ0) is 17.7. The third-order valence-electron chi connectivity index (χ3n) is 5.32. The van der Waals surface area contributed by atoms with E-state index in [2.05, 4.69) is 0 Å². The molecular weight excluding hydrogens is 306 g/mol. The fourth-order valence-corrected chi connectivity index (χ4v) is 4.33. The van der Waals surface area contributed by atoms with Gasteiger partial charge in [-0.2, -0.15) is 0 Å². The highest BCUT2D eigenvalue weighted by Gasteiger charge is 2.41. The highest BCUT2D eigenvalue weighted by atomic mass is 16.6. The molecule has 138 valence electrons. The number of ether oxygens (including phenoxy) is 2. The molecule has 0 aromatic heterocycles. The molecule has 0 N–H and O–H groups in total. The topological polar surface area (TPSA) is 55.8 Å². The van der Waals surface area contributed by atoms with Crippen LogP contribution in [0.3, 0.4) is 0 Å². The quantitative estimate of drug-likeness (QED) is 0.722. The van der Waals surface area contributed by atoms with E-state index in [1.165, 1.54) is 20.0 Å². The van der Waals surface area contributed by atoms with Crippen molar-refractivity contribution < 1.29 is 19.1 Å². The number of nitrogens with zero attached hydrogens (tertiary/aromatic N) is 1. The standard InChI is InChI=1S/C19H33NO4/c1-19(2,3)24-18(22)20-13-7-10-15-14(8-5-11-16(15)20)9-6-12-17(21)23-4/h14-16H,5-13H2,1-4H3/t14-,15-,16+/m0/s1. The second kappa shape index (κ2) is 8.21. The number of esters is 1. The Kier molecular flexibility index (Phi) is 6.53. The van der Waals surface area contributed by atoms with Crippen molar-refractivity contribution in [3.8, 4) is 0 Å². The first-order chi connectivity index (χ1) is 11.3. The summed E-state index contributed by atoms with van der Waals surface area (Å²) < 4.78 is 10.3. The monoisotopic (exact) mass is 339 g/mol. The molecule has 5 nitrogen and oxygen atoms in total. The zero-order valence-electron chi connectivity index (χ0n) is 15.7. The second-order valence-corrected chi connectivity index (χ2v) is 8.21. The first-order valence-electron chi connectivity index (χ1n) is 9.38. The van der Waals surface area contributed by atoms with Crippen LogP contribution < -0.4 is 0 Å². The van der Waals surface area contributed by atoms with Gasteiger partial charge in [-0.3, -0.25) is 4.79 Å². The predicted molar refractivity (Wildman–Crippen MR) is 92.7 cm³/mol. The van der Waals surface area contributed by atoms with Gasteiger partial charge in [-0.15, -0.1) is 0 Å². The van der Waals surface area contributed by atoms with Crippen LogP contribution >= 0.6 is 0 Å². The molecule has 0 aromatic carbocycles. The fourth-order valence-electron chi connectivity index (χ4n) is 4.33. The van der Waals surface area contributed by atoms with Crippen LogP contribution in [0.15, 0.2) is 0 Å². The van der Waals surface area contributed by atoms with Crippen LogP contribution in [-0.2, 0) is 14.3 Å². The van der Waals surface area contributed by atoms with E-state index in [4.69, 9.17) is 9.47 Å². The van der Waals surface area contributed by atoms with E-state index in [1.54, 1.807) is 0 Å². The lowest BCUT2D eigenvalue weighted by atomic mass is 9.69. The Morgan fingerprint density at radius 2 is 1.88 bits per heavy atom. The molecule has 0 bridgehead atoms. The van der Waals surface area contributed by atoms with E-state index in [-0.39, 0.29) is 12.1 Å². The van der Waals surface area contributed by atoms with Crippen LogP contribution in [0.1, 0.15) is 72.1 Å². The molecule has 24 heavy (non-hydrogen) atoms. The molecular formula is C19H33NO4. The number of carbonyl (C=O) groups excluding carboxylic acids is 2. The van der Waals surface area contributed by atoms with E-state index >= 15 is 0 Å². The molecule has 1 amide bonds. The van der Waals surface area contributed by atoms with Crippen molar-refractivity contribution >= 4 is 12.1 Å². The number of carbonyl (C=O) groups is 2. The van der Waals surface area contributed by atoms with Crippen LogP contribution in [0.5, 0.6) is 0 Å². The lowest BCUT2D eigenvalue weighted by Crippen LogP contribution is -2.53. The maximum absolute atomic E-state index is 12.6. The normalized spacial score (nSPS) is 27.3. The van der Waals surface area contributed by atoms with Gasteiger partial charge in [0.15, 0.2) is 0 Å². The van der Waals surface area contributed by atoms with Crippen molar-refractivity contribution in [2.75, 3.05) is 13.7 Å². The lowest BCUT2D eigenvalue weighted by Gasteiger charge is -2.47. The summed E-state index contributed by atoms with van der Waals surface area (Å²) in [5.41, 5.74) is -0.446. The molecule has 1 aliphatic heterocycles. The minimum atomic E-state index is -0.446. The van der Waals surface area contributed by atoms with E-state index in [1.807, 2.05) is 25.7 Å². The summed E-state index contributed by atoms with van der Waals surface area (Å²) in [5.74, 6) is 1.04. The Bertz CT molecular complexity index is 443.